The van der Waals surface area contributed by atoms with Crippen molar-refractivity contribution in [2.24, 2.45) is 0 Å². The molecular weight excluding hydrogens is 270 g/mol. The molecule has 0 fully saturated rings. The van der Waals surface area contributed by atoms with Crippen molar-refractivity contribution in [2.45, 2.75) is 33.4 Å². The highest BCUT2D eigenvalue weighted by Gasteiger charge is 2.09. The summed E-state index contributed by atoms with van der Waals surface area (Å²) in [7, 11) is 1.59. The molecule has 118 valence electrons. The Morgan fingerprint density at radius 2 is 2.14 bits per heavy atom. The van der Waals surface area contributed by atoms with E-state index in [4.69, 9.17) is 9.47 Å². The van der Waals surface area contributed by atoms with Crippen molar-refractivity contribution in [1.29, 1.82) is 0 Å². The van der Waals surface area contributed by atoms with Crippen LogP contribution in [0.4, 0.5) is 0 Å². The second-order valence-corrected chi connectivity index (χ2v) is 5.06. The summed E-state index contributed by atoms with van der Waals surface area (Å²) in [5.41, 5.74) is 1.74. The maximum absolute atomic E-state index is 11.6. The number of hydrogen-bond acceptors (Lipinski definition) is 5. The molecule has 6 nitrogen and oxygen atoms in total. The Balaban J connectivity index is 2.55. The molecule has 0 atom stereocenters. The average molecular weight is 295 g/mol. The van der Waals surface area contributed by atoms with Crippen molar-refractivity contribution >= 4 is 5.91 Å². The topological polar surface area (TPSA) is 72.5 Å². The van der Waals surface area contributed by atoms with Crippen LogP contribution in [-0.2, 0) is 16.1 Å². The van der Waals surface area contributed by atoms with Crippen molar-refractivity contribution in [3.05, 3.63) is 23.5 Å². The SMILES string of the molecule is COCCNC(=O)COc1ccc(C)nc1CNC(C)C. The number of carbonyl (C=O) groups excluding carboxylic acids is 1. The lowest BCUT2D eigenvalue weighted by molar-refractivity contribution is -0.123. The Morgan fingerprint density at radius 1 is 1.38 bits per heavy atom. The Hall–Kier alpha value is -1.66. The minimum atomic E-state index is -0.171. The van der Waals surface area contributed by atoms with Gasteiger partial charge in [-0.1, -0.05) is 13.8 Å². The lowest BCUT2D eigenvalue weighted by Gasteiger charge is -2.13. The standard InChI is InChI=1S/C15H25N3O3/c1-11(2)17-9-13-14(6-5-12(3)18-13)21-10-15(19)16-7-8-20-4/h5-6,11,17H,7-10H2,1-4H3,(H,16,19). The van der Waals surface area contributed by atoms with E-state index in [2.05, 4.69) is 29.5 Å². The van der Waals surface area contributed by atoms with Crippen molar-refractivity contribution < 1.29 is 14.3 Å². The van der Waals surface area contributed by atoms with Crippen LogP contribution in [0.15, 0.2) is 12.1 Å². The molecule has 1 amide bonds. The molecule has 0 saturated carbocycles. The maximum atomic E-state index is 11.6. The second-order valence-electron chi connectivity index (χ2n) is 5.06. The number of nitrogens with one attached hydrogen (secondary N) is 2. The normalized spacial score (nSPS) is 10.7. The highest BCUT2D eigenvalue weighted by atomic mass is 16.5. The van der Waals surface area contributed by atoms with Gasteiger partial charge in [0.05, 0.1) is 12.3 Å². The molecule has 1 heterocycles. The molecule has 21 heavy (non-hydrogen) atoms. The number of rotatable bonds is 9. The summed E-state index contributed by atoms with van der Waals surface area (Å²) in [5, 5.41) is 6.01. The van der Waals surface area contributed by atoms with Gasteiger partial charge in [-0.15, -0.1) is 0 Å². The highest BCUT2D eigenvalue weighted by Crippen LogP contribution is 2.16. The van der Waals surface area contributed by atoms with Gasteiger partial charge < -0.3 is 20.1 Å². The summed E-state index contributed by atoms with van der Waals surface area (Å²) < 4.78 is 10.4. The fraction of sp³-hybridized carbons (Fsp3) is 0.600. The number of pyridine rings is 1. The first-order valence-electron chi connectivity index (χ1n) is 7.11. The smallest absolute Gasteiger partial charge is 0.258 e. The number of aryl methyl sites for hydroxylation is 1. The number of nitrogens with zero attached hydrogens (tertiary/aromatic N) is 1. The number of ether oxygens (including phenoxy) is 2. The summed E-state index contributed by atoms with van der Waals surface area (Å²) in [6.45, 7) is 7.62. The number of carbonyl (C=O) groups is 1. The fourth-order valence-corrected chi connectivity index (χ4v) is 1.64. The Labute approximate surface area is 126 Å². The zero-order valence-electron chi connectivity index (χ0n) is 13.2. The van der Waals surface area contributed by atoms with Gasteiger partial charge in [0.1, 0.15) is 5.75 Å². The van der Waals surface area contributed by atoms with Gasteiger partial charge in [-0.05, 0) is 19.1 Å². The molecule has 1 aromatic rings. The number of methoxy groups -OCH3 is 1. The first-order chi connectivity index (χ1) is 10.0. The summed E-state index contributed by atoms with van der Waals surface area (Å²) in [5.74, 6) is 0.464. The first-order valence-corrected chi connectivity index (χ1v) is 7.11. The third-order valence-corrected chi connectivity index (χ3v) is 2.74. The molecule has 0 aliphatic carbocycles. The van der Waals surface area contributed by atoms with E-state index in [-0.39, 0.29) is 12.5 Å². The van der Waals surface area contributed by atoms with E-state index in [1.54, 1.807) is 7.11 Å². The summed E-state index contributed by atoms with van der Waals surface area (Å²) in [4.78, 5) is 16.1. The van der Waals surface area contributed by atoms with E-state index in [1.165, 1.54) is 0 Å². The van der Waals surface area contributed by atoms with Gasteiger partial charge in [-0.3, -0.25) is 9.78 Å². The van der Waals surface area contributed by atoms with Crippen molar-refractivity contribution in [3.63, 3.8) is 0 Å². The monoisotopic (exact) mass is 295 g/mol. The van der Waals surface area contributed by atoms with Crippen LogP contribution in [0, 0.1) is 6.92 Å². The first kappa shape index (κ1) is 17.4. The highest BCUT2D eigenvalue weighted by molar-refractivity contribution is 5.77. The fourth-order valence-electron chi connectivity index (χ4n) is 1.64. The van der Waals surface area contributed by atoms with E-state index in [1.807, 2.05) is 19.1 Å². The van der Waals surface area contributed by atoms with E-state index in [0.29, 0.717) is 31.5 Å². The van der Waals surface area contributed by atoms with Gasteiger partial charge in [-0.2, -0.15) is 0 Å². The summed E-state index contributed by atoms with van der Waals surface area (Å²) in [6.07, 6.45) is 0. The molecule has 6 heteroatoms. The van der Waals surface area contributed by atoms with Crippen LogP contribution >= 0.6 is 0 Å². The molecule has 0 saturated heterocycles. The minimum absolute atomic E-state index is 0.0247. The molecule has 0 aromatic carbocycles. The van der Waals surface area contributed by atoms with Crippen LogP contribution in [-0.4, -0.2) is 43.8 Å². The van der Waals surface area contributed by atoms with Gasteiger partial charge in [-0.25, -0.2) is 0 Å². The Kier molecular flexibility index (Phi) is 7.71. The lowest BCUT2D eigenvalue weighted by Crippen LogP contribution is -2.31. The lowest BCUT2D eigenvalue weighted by atomic mass is 10.2. The van der Waals surface area contributed by atoms with Gasteiger partial charge in [0.25, 0.3) is 5.91 Å². The van der Waals surface area contributed by atoms with Crippen LogP contribution in [0.3, 0.4) is 0 Å². The number of hydrogen-bond donors (Lipinski definition) is 2. The van der Waals surface area contributed by atoms with E-state index >= 15 is 0 Å². The summed E-state index contributed by atoms with van der Waals surface area (Å²) in [6, 6.07) is 4.08. The number of amides is 1. The maximum Gasteiger partial charge on any atom is 0.258 e. The van der Waals surface area contributed by atoms with Crippen LogP contribution in [0.2, 0.25) is 0 Å². The average Bonchev–Trinajstić information content (AvgIpc) is 2.44. The molecule has 0 unspecified atom stereocenters. The largest absolute Gasteiger partial charge is 0.482 e. The zero-order chi connectivity index (χ0) is 15.7. The van der Waals surface area contributed by atoms with Gasteiger partial charge >= 0.3 is 0 Å². The number of aromatic nitrogens is 1. The van der Waals surface area contributed by atoms with Crippen LogP contribution < -0.4 is 15.4 Å². The van der Waals surface area contributed by atoms with Gasteiger partial charge in [0.15, 0.2) is 6.61 Å². The minimum Gasteiger partial charge on any atom is -0.482 e. The van der Waals surface area contributed by atoms with E-state index < -0.39 is 0 Å². The molecule has 0 aliphatic heterocycles. The van der Waals surface area contributed by atoms with Crippen molar-refractivity contribution in [1.82, 2.24) is 15.6 Å². The molecule has 0 aliphatic rings. The molecule has 1 aromatic heterocycles. The van der Waals surface area contributed by atoms with E-state index in [9.17, 15) is 4.79 Å². The second kappa shape index (κ2) is 9.31. The Morgan fingerprint density at radius 3 is 2.81 bits per heavy atom. The zero-order valence-corrected chi connectivity index (χ0v) is 13.2. The molecular formula is C15H25N3O3. The van der Waals surface area contributed by atoms with Crippen molar-refractivity contribution in [2.75, 3.05) is 26.9 Å². The molecule has 0 spiro atoms. The van der Waals surface area contributed by atoms with E-state index in [0.717, 1.165) is 11.4 Å². The molecule has 0 bridgehead atoms. The quantitative estimate of drug-likeness (QED) is 0.666. The molecule has 0 radical (unpaired) electrons. The molecule has 1 rings (SSSR count). The van der Waals surface area contributed by atoms with Crippen molar-refractivity contribution in [3.8, 4) is 5.75 Å². The van der Waals surface area contributed by atoms with Crippen LogP contribution in [0.25, 0.3) is 0 Å². The van der Waals surface area contributed by atoms with Crippen LogP contribution in [0.5, 0.6) is 5.75 Å². The summed E-state index contributed by atoms with van der Waals surface area (Å²) >= 11 is 0. The van der Waals surface area contributed by atoms with Crippen LogP contribution in [0.1, 0.15) is 25.2 Å². The van der Waals surface area contributed by atoms with Gasteiger partial charge in [0.2, 0.25) is 0 Å². The van der Waals surface area contributed by atoms with Gasteiger partial charge in [0, 0.05) is 31.9 Å². The third kappa shape index (κ3) is 7.06. The third-order valence-electron chi connectivity index (χ3n) is 2.74. The molecule has 2 N–H and O–H groups in total. The Bertz CT molecular complexity index is 450. The predicted molar refractivity (Wildman–Crippen MR) is 81.3 cm³/mol. The predicted octanol–water partition coefficient (Wildman–Crippen LogP) is 1.03.